The van der Waals surface area contributed by atoms with Crippen LogP contribution < -0.4 is 0 Å². The second kappa shape index (κ2) is 4.15. The Morgan fingerprint density at radius 1 is 1.36 bits per heavy atom. The number of nitrogens with zero attached hydrogens (tertiary/aromatic N) is 2. The number of aliphatic hydroxyl groups excluding tert-OH is 1. The van der Waals surface area contributed by atoms with Crippen LogP contribution in [0.1, 0.15) is 17.5 Å². The summed E-state index contributed by atoms with van der Waals surface area (Å²) in [5, 5.41) is 8.97. The summed E-state index contributed by atoms with van der Waals surface area (Å²) >= 11 is 0. The maximum absolute atomic E-state index is 8.97. The second-order valence-electron chi connectivity index (χ2n) is 3.22. The van der Waals surface area contributed by atoms with Crippen LogP contribution >= 0.6 is 0 Å². The average Bonchev–Trinajstić information content (AvgIpc) is 2.30. The Morgan fingerprint density at radius 2 is 2.29 bits per heavy atom. The SMILES string of the molecule is OCc1cncc(C2=CCCN=C2)c1. The number of hydrogen-bond acceptors (Lipinski definition) is 3. The van der Waals surface area contributed by atoms with Gasteiger partial charge in [0.05, 0.1) is 6.61 Å². The standard InChI is InChI=1S/C11H12N2O/c14-8-9-4-11(7-13-5-9)10-2-1-3-12-6-10/h2,4-7,14H,1,3,8H2. The summed E-state index contributed by atoms with van der Waals surface area (Å²) in [5.41, 5.74) is 2.96. The highest BCUT2D eigenvalue weighted by Gasteiger charge is 2.03. The van der Waals surface area contributed by atoms with Gasteiger partial charge < -0.3 is 5.11 Å². The van der Waals surface area contributed by atoms with Crippen molar-refractivity contribution in [2.24, 2.45) is 4.99 Å². The molecule has 0 unspecified atom stereocenters. The van der Waals surface area contributed by atoms with E-state index in [1.54, 1.807) is 12.4 Å². The highest BCUT2D eigenvalue weighted by Crippen LogP contribution is 2.16. The largest absolute Gasteiger partial charge is 0.392 e. The van der Waals surface area contributed by atoms with E-state index in [1.165, 1.54) is 0 Å². The van der Waals surface area contributed by atoms with Gasteiger partial charge in [0, 0.05) is 30.7 Å². The topological polar surface area (TPSA) is 45.5 Å². The van der Waals surface area contributed by atoms with Gasteiger partial charge in [-0.25, -0.2) is 0 Å². The normalized spacial score (nSPS) is 15.4. The molecule has 1 aliphatic heterocycles. The third kappa shape index (κ3) is 1.88. The first-order valence-electron chi connectivity index (χ1n) is 4.65. The molecule has 72 valence electrons. The number of aliphatic hydroxyl groups is 1. The molecule has 0 aliphatic carbocycles. The van der Waals surface area contributed by atoms with Gasteiger partial charge in [-0.2, -0.15) is 0 Å². The summed E-state index contributed by atoms with van der Waals surface area (Å²) in [6, 6.07) is 1.94. The first-order valence-corrected chi connectivity index (χ1v) is 4.65. The number of pyridine rings is 1. The van der Waals surface area contributed by atoms with E-state index in [-0.39, 0.29) is 6.61 Å². The van der Waals surface area contributed by atoms with E-state index in [2.05, 4.69) is 16.1 Å². The highest BCUT2D eigenvalue weighted by atomic mass is 16.3. The van der Waals surface area contributed by atoms with Gasteiger partial charge in [0.2, 0.25) is 0 Å². The van der Waals surface area contributed by atoms with E-state index in [9.17, 15) is 0 Å². The van der Waals surface area contributed by atoms with Crippen LogP contribution in [-0.4, -0.2) is 22.8 Å². The predicted molar refractivity (Wildman–Crippen MR) is 56.1 cm³/mol. The van der Waals surface area contributed by atoms with Gasteiger partial charge in [0.15, 0.2) is 0 Å². The summed E-state index contributed by atoms with van der Waals surface area (Å²) in [7, 11) is 0. The van der Waals surface area contributed by atoms with Gasteiger partial charge in [0.25, 0.3) is 0 Å². The summed E-state index contributed by atoms with van der Waals surface area (Å²) in [5.74, 6) is 0. The molecular formula is C11H12N2O. The monoisotopic (exact) mass is 188 g/mol. The van der Waals surface area contributed by atoms with Crippen molar-refractivity contribution in [3.05, 3.63) is 35.7 Å². The minimum atomic E-state index is 0.0330. The molecule has 1 aromatic rings. The van der Waals surface area contributed by atoms with E-state index in [0.717, 1.165) is 29.7 Å². The fourth-order valence-electron chi connectivity index (χ4n) is 1.43. The Balaban J connectivity index is 2.31. The third-order valence-electron chi connectivity index (χ3n) is 2.16. The molecule has 0 bridgehead atoms. The van der Waals surface area contributed by atoms with Gasteiger partial charge in [-0.15, -0.1) is 0 Å². The van der Waals surface area contributed by atoms with Crippen LogP contribution in [0.2, 0.25) is 0 Å². The fourth-order valence-corrected chi connectivity index (χ4v) is 1.43. The smallest absolute Gasteiger partial charge is 0.0697 e. The van der Waals surface area contributed by atoms with Gasteiger partial charge in [-0.05, 0) is 23.6 Å². The maximum atomic E-state index is 8.97. The molecule has 0 amide bonds. The molecule has 3 nitrogen and oxygen atoms in total. The van der Waals surface area contributed by atoms with Crippen molar-refractivity contribution >= 4 is 11.8 Å². The van der Waals surface area contributed by atoms with Crippen LogP contribution in [0, 0.1) is 0 Å². The molecule has 1 aromatic heterocycles. The number of allylic oxidation sites excluding steroid dienone is 1. The van der Waals surface area contributed by atoms with Crippen LogP contribution in [0.25, 0.3) is 5.57 Å². The quantitative estimate of drug-likeness (QED) is 0.763. The molecule has 2 rings (SSSR count). The molecule has 0 spiro atoms. The molecule has 0 aromatic carbocycles. The van der Waals surface area contributed by atoms with Crippen LogP contribution in [0.15, 0.2) is 29.5 Å². The van der Waals surface area contributed by atoms with Crippen molar-refractivity contribution < 1.29 is 5.11 Å². The molecule has 0 saturated carbocycles. The van der Waals surface area contributed by atoms with E-state index < -0.39 is 0 Å². The summed E-state index contributed by atoms with van der Waals surface area (Å²) in [6.45, 7) is 0.905. The van der Waals surface area contributed by atoms with Crippen molar-refractivity contribution in [1.29, 1.82) is 0 Å². The van der Waals surface area contributed by atoms with Crippen LogP contribution in [-0.2, 0) is 6.61 Å². The molecule has 0 atom stereocenters. The first-order chi connectivity index (χ1) is 6.90. The Bertz CT molecular complexity index is 383. The lowest BCUT2D eigenvalue weighted by Gasteiger charge is -2.06. The van der Waals surface area contributed by atoms with Gasteiger partial charge in [-0.1, -0.05) is 6.08 Å². The first kappa shape index (κ1) is 9.09. The van der Waals surface area contributed by atoms with Gasteiger partial charge in [0.1, 0.15) is 0 Å². The lowest BCUT2D eigenvalue weighted by atomic mass is 10.0. The van der Waals surface area contributed by atoms with Crippen LogP contribution in [0.5, 0.6) is 0 Å². The summed E-state index contributed by atoms with van der Waals surface area (Å²) < 4.78 is 0. The van der Waals surface area contributed by atoms with Crippen molar-refractivity contribution in [3.63, 3.8) is 0 Å². The van der Waals surface area contributed by atoms with E-state index in [1.807, 2.05) is 12.3 Å². The fraction of sp³-hybridized carbons (Fsp3) is 0.273. The molecule has 2 heterocycles. The number of rotatable bonds is 2. The zero-order chi connectivity index (χ0) is 9.80. The minimum Gasteiger partial charge on any atom is -0.392 e. The molecule has 0 radical (unpaired) electrons. The minimum absolute atomic E-state index is 0.0330. The van der Waals surface area contributed by atoms with E-state index in [4.69, 9.17) is 5.11 Å². The van der Waals surface area contributed by atoms with E-state index >= 15 is 0 Å². The number of hydrogen-bond donors (Lipinski definition) is 1. The number of aliphatic imine (C=N–C) groups is 1. The third-order valence-corrected chi connectivity index (χ3v) is 2.16. The van der Waals surface area contributed by atoms with Crippen molar-refractivity contribution in [2.45, 2.75) is 13.0 Å². The Kier molecular flexibility index (Phi) is 2.70. The highest BCUT2D eigenvalue weighted by molar-refractivity contribution is 6.10. The number of aromatic nitrogens is 1. The second-order valence-corrected chi connectivity index (χ2v) is 3.22. The molecule has 3 heteroatoms. The predicted octanol–water partition coefficient (Wildman–Crippen LogP) is 1.43. The molecule has 1 aliphatic rings. The lowest BCUT2D eigenvalue weighted by molar-refractivity contribution is 0.281. The van der Waals surface area contributed by atoms with Crippen LogP contribution in [0.4, 0.5) is 0 Å². The Hall–Kier alpha value is -1.48. The Morgan fingerprint density at radius 3 is 3.00 bits per heavy atom. The summed E-state index contributed by atoms with van der Waals surface area (Å²) in [4.78, 5) is 8.27. The van der Waals surface area contributed by atoms with Crippen molar-refractivity contribution in [3.8, 4) is 0 Å². The van der Waals surface area contributed by atoms with Crippen molar-refractivity contribution in [2.75, 3.05) is 6.54 Å². The molecule has 1 N–H and O–H groups in total. The molecule has 14 heavy (non-hydrogen) atoms. The molecule has 0 saturated heterocycles. The molecular weight excluding hydrogens is 176 g/mol. The molecule has 0 fully saturated rings. The van der Waals surface area contributed by atoms with Crippen LogP contribution in [0.3, 0.4) is 0 Å². The summed E-state index contributed by atoms with van der Waals surface area (Å²) in [6.07, 6.45) is 8.45. The number of dihydropyridines is 1. The Labute approximate surface area is 82.8 Å². The van der Waals surface area contributed by atoms with E-state index in [0.29, 0.717) is 0 Å². The van der Waals surface area contributed by atoms with Gasteiger partial charge >= 0.3 is 0 Å². The van der Waals surface area contributed by atoms with Crippen molar-refractivity contribution in [1.82, 2.24) is 4.98 Å². The zero-order valence-electron chi connectivity index (χ0n) is 7.85. The zero-order valence-corrected chi connectivity index (χ0v) is 7.85. The average molecular weight is 188 g/mol. The van der Waals surface area contributed by atoms with Gasteiger partial charge in [-0.3, -0.25) is 9.98 Å². The lowest BCUT2D eigenvalue weighted by Crippen LogP contribution is -1.96. The maximum Gasteiger partial charge on any atom is 0.0697 e.